The van der Waals surface area contributed by atoms with E-state index in [1.165, 1.54) is 0 Å². The maximum absolute atomic E-state index is 11.5. The van der Waals surface area contributed by atoms with Gasteiger partial charge in [-0.2, -0.15) is 11.3 Å². The first kappa shape index (κ1) is 12.0. The highest BCUT2D eigenvalue weighted by atomic mass is 32.1. The minimum atomic E-state index is 0.0647. The fourth-order valence-corrected chi connectivity index (χ4v) is 1.93. The molecule has 0 radical (unpaired) electrons. The Bertz CT molecular complexity index is 281. The summed E-state index contributed by atoms with van der Waals surface area (Å²) >= 11 is 1.62. The van der Waals surface area contributed by atoms with Crippen LogP contribution < -0.4 is 10.6 Å². The van der Waals surface area contributed by atoms with Crippen molar-refractivity contribution >= 4 is 22.9 Å². The summed E-state index contributed by atoms with van der Waals surface area (Å²) in [6.07, 6.45) is 1.97. The van der Waals surface area contributed by atoms with Crippen LogP contribution in [0.3, 0.4) is 0 Å². The van der Waals surface area contributed by atoms with Crippen LogP contribution in [0.5, 0.6) is 0 Å². The fourth-order valence-electron chi connectivity index (χ4n) is 1.32. The second-order valence-electron chi connectivity index (χ2n) is 3.45. The summed E-state index contributed by atoms with van der Waals surface area (Å²) < 4.78 is 0. The highest BCUT2D eigenvalue weighted by molar-refractivity contribution is 7.08. The van der Waals surface area contributed by atoms with Gasteiger partial charge in [0.25, 0.3) is 0 Å². The molecule has 15 heavy (non-hydrogen) atoms. The minimum Gasteiger partial charge on any atom is -0.375 e. The van der Waals surface area contributed by atoms with Crippen LogP contribution in [0, 0.1) is 0 Å². The van der Waals surface area contributed by atoms with Gasteiger partial charge in [-0.05, 0) is 24.3 Å². The van der Waals surface area contributed by atoms with Gasteiger partial charge in [0.05, 0.1) is 6.54 Å². The lowest BCUT2D eigenvalue weighted by Crippen LogP contribution is -2.37. The maximum atomic E-state index is 11.5. The van der Waals surface area contributed by atoms with Crippen LogP contribution in [0.25, 0.3) is 0 Å². The molecule has 0 aliphatic rings. The molecule has 0 aromatic carbocycles. The average molecular weight is 226 g/mol. The van der Waals surface area contributed by atoms with E-state index in [4.69, 9.17) is 0 Å². The number of carbonyl (C=O) groups excluding carboxylic acids is 1. The largest absolute Gasteiger partial charge is 0.375 e. The maximum Gasteiger partial charge on any atom is 0.239 e. The van der Waals surface area contributed by atoms with E-state index in [0.29, 0.717) is 12.6 Å². The molecule has 0 atom stereocenters. The summed E-state index contributed by atoms with van der Waals surface area (Å²) in [6, 6.07) is 2.27. The quantitative estimate of drug-likeness (QED) is 0.782. The van der Waals surface area contributed by atoms with Gasteiger partial charge in [-0.3, -0.25) is 4.79 Å². The molecule has 2 N–H and O–H groups in total. The molecular weight excluding hydrogens is 208 g/mol. The van der Waals surface area contributed by atoms with Crippen molar-refractivity contribution in [3.8, 4) is 0 Å². The molecule has 0 fully saturated rings. The van der Waals surface area contributed by atoms with Crippen LogP contribution in [0.1, 0.15) is 26.7 Å². The van der Waals surface area contributed by atoms with E-state index in [1.54, 1.807) is 11.3 Å². The lowest BCUT2D eigenvalue weighted by molar-refractivity contribution is -0.120. The Hall–Kier alpha value is -1.03. The summed E-state index contributed by atoms with van der Waals surface area (Å²) in [7, 11) is 0. The van der Waals surface area contributed by atoms with E-state index in [0.717, 1.165) is 18.5 Å². The van der Waals surface area contributed by atoms with Gasteiger partial charge in [-0.15, -0.1) is 0 Å². The Labute approximate surface area is 94.9 Å². The molecule has 0 aliphatic heterocycles. The molecule has 1 aromatic rings. The number of hydrogen-bond acceptors (Lipinski definition) is 3. The van der Waals surface area contributed by atoms with Crippen molar-refractivity contribution in [3.05, 3.63) is 16.8 Å². The van der Waals surface area contributed by atoms with Gasteiger partial charge < -0.3 is 10.6 Å². The van der Waals surface area contributed by atoms with Crippen LogP contribution in [0.2, 0.25) is 0 Å². The lowest BCUT2D eigenvalue weighted by Gasteiger charge is -2.14. The predicted molar refractivity (Wildman–Crippen MR) is 65.3 cm³/mol. The van der Waals surface area contributed by atoms with Crippen LogP contribution >= 0.6 is 11.3 Å². The zero-order chi connectivity index (χ0) is 11.1. The van der Waals surface area contributed by atoms with E-state index >= 15 is 0 Å². The fraction of sp³-hybridized carbons (Fsp3) is 0.545. The molecule has 1 aromatic heterocycles. The van der Waals surface area contributed by atoms with Gasteiger partial charge >= 0.3 is 0 Å². The third-order valence-electron chi connectivity index (χ3n) is 2.32. The monoisotopic (exact) mass is 226 g/mol. The molecule has 4 heteroatoms. The summed E-state index contributed by atoms with van der Waals surface area (Å²) in [6.45, 7) is 4.52. The highest BCUT2D eigenvalue weighted by Gasteiger charge is 2.07. The van der Waals surface area contributed by atoms with Gasteiger partial charge in [0.2, 0.25) is 5.91 Å². The van der Waals surface area contributed by atoms with Crippen molar-refractivity contribution in [3.63, 3.8) is 0 Å². The SMILES string of the molecule is CCC(CC)NC(=O)CNc1ccsc1. The Kier molecular flexibility index (Phi) is 5.18. The zero-order valence-electron chi connectivity index (χ0n) is 9.25. The second-order valence-corrected chi connectivity index (χ2v) is 4.23. The van der Waals surface area contributed by atoms with Crippen LogP contribution in [-0.4, -0.2) is 18.5 Å². The molecule has 0 saturated heterocycles. The summed E-state index contributed by atoms with van der Waals surface area (Å²) in [4.78, 5) is 11.5. The van der Waals surface area contributed by atoms with Crippen molar-refractivity contribution in [1.29, 1.82) is 0 Å². The van der Waals surface area contributed by atoms with Gasteiger partial charge in [-0.25, -0.2) is 0 Å². The van der Waals surface area contributed by atoms with Crippen LogP contribution in [0.4, 0.5) is 5.69 Å². The summed E-state index contributed by atoms with van der Waals surface area (Å²) in [5.41, 5.74) is 1.01. The van der Waals surface area contributed by atoms with Crippen molar-refractivity contribution in [2.75, 3.05) is 11.9 Å². The first-order valence-corrected chi connectivity index (χ1v) is 6.26. The van der Waals surface area contributed by atoms with Gasteiger partial charge in [0.1, 0.15) is 0 Å². The molecule has 3 nitrogen and oxygen atoms in total. The summed E-state index contributed by atoms with van der Waals surface area (Å²) in [5, 5.41) is 10.0. The van der Waals surface area contributed by atoms with Crippen molar-refractivity contribution < 1.29 is 4.79 Å². The molecule has 0 spiro atoms. The van der Waals surface area contributed by atoms with Crippen LogP contribution in [-0.2, 0) is 4.79 Å². The lowest BCUT2D eigenvalue weighted by atomic mass is 10.2. The van der Waals surface area contributed by atoms with Crippen molar-refractivity contribution in [1.82, 2.24) is 5.32 Å². The smallest absolute Gasteiger partial charge is 0.239 e. The third-order valence-corrected chi connectivity index (χ3v) is 3.01. The average Bonchev–Trinajstić information content (AvgIpc) is 2.75. The van der Waals surface area contributed by atoms with Crippen LogP contribution in [0.15, 0.2) is 16.8 Å². The number of hydrogen-bond donors (Lipinski definition) is 2. The molecular formula is C11H18N2OS. The molecule has 1 rings (SSSR count). The molecule has 0 aliphatic carbocycles. The Balaban J connectivity index is 2.24. The highest BCUT2D eigenvalue weighted by Crippen LogP contribution is 2.10. The molecule has 0 bridgehead atoms. The number of anilines is 1. The Morgan fingerprint density at radius 2 is 2.20 bits per heavy atom. The standard InChI is InChI=1S/C11H18N2OS/c1-3-9(4-2)13-11(14)7-12-10-5-6-15-8-10/h5-6,8-9,12H,3-4,7H2,1-2H3,(H,13,14). The first-order chi connectivity index (χ1) is 7.26. The summed E-state index contributed by atoms with van der Waals surface area (Å²) in [5.74, 6) is 0.0647. The molecule has 0 unspecified atom stereocenters. The van der Waals surface area contributed by atoms with E-state index in [9.17, 15) is 4.79 Å². The van der Waals surface area contributed by atoms with E-state index in [-0.39, 0.29) is 5.91 Å². The van der Waals surface area contributed by atoms with E-state index in [2.05, 4.69) is 24.5 Å². The zero-order valence-corrected chi connectivity index (χ0v) is 10.1. The Morgan fingerprint density at radius 1 is 1.47 bits per heavy atom. The van der Waals surface area contributed by atoms with Crippen molar-refractivity contribution in [2.45, 2.75) is 32.7 Å². The topological polar surface area (TPSA) is 41.1 Å². The Morgan fingerprint density at radius 3 is 2.73 bits per heavy atom. The molecule has 1 amide bonds. The normalized spacial score (nSPS) is 10.3. The van der Waals surface area contributed by atoms with E-state index in [1.807, 2.05) is 16.8 Å². The number of amides is 1. The minimum absolute atomic E-state index is 0.0647. The second kappa shape index (κ2) is 6.45. The third kappa shape index (κ3) is 4.34. The van der Waals surface area contributed by atoms with Gasteiger partial charge in [0, 0.05) is 17.1 Å². The number of nitrogens with one attached hydrogen (secondary N) is 2. The van der Waals surface area contributed by atoms with Gasteiger partial charge in [0.15, 0.2) is 0 Å². The number of carbonyl (C=O) groups is 1. The number of rotatable bonds is 6. The molecule has 84 valence electrons. The van der Waals surface area contributed by atoms with E-state index < -0.39 is 0 Å². The molecule has 1 heterocycles. The first-order valence-electron chi connectivity index (χ1n) is 5.31. The van der Waals surface area contributed by atoms with Crippen molar-refractivity contribution in [2.24, 2.45) is 0 Å². The molecule has 0 saturated carbocycles. The predicted octanol–water partition coefficient (Wildman–Crippen LogP) is 2.46. The van der Waals surface area contributed by atoms with Gasteiger partial charge in [-0.1, -0.05) is 13.8 Å². The number of thiophene rings is 1.